The molecular weight excluding hydrogens is 458 g/mol. The van der Waals surface area contributed by atoms with Crippen LogP contribution in [0.4, 0.5) is 0 Å². The molecule has 0 spiro atoms. The monoisotopic (exact) mass is 483 g/mol. The minimum Gasteiger partial charge on any atom is -0.349 e. The number of carbonyl (C=O) groups is 2. The van der Waals surface area contributed by atoms with Crippen LogP contribution in [0.1, 0.15) is 38.0 Å². The zero-order valence-electron chi connectivity index (χ0n) is 19.6. The van der Waals surface area contributed by atoms with Crippen LogP contribution in [0.15, 0.2) is 54.9 Å². The minimum absolute atomic E-state index is 0.0338. The highest BCUT2D eigenvalue weighted by Crippen LogP contribution is 2.50. The highest BCUT2D eigenvalue weighted by atomic mass is 32.1. The average Bonchev–Trinajstić information content (AvgIpc) is 3.38. The number of piperidine rings is 1. The van der Waals surface area contributed by atoms with Gasteiger partial charge in [0.2, 0.25) is 0 Å². The summed E-state index contributed by atoms with van der Waals surface area (Å²) in [5.74, 6) is 0.658. The van der Waals surface area contributed by atoms with E-state index in [1.165, 1.54) is 0 Å². The average molecular weight is 484 g/mol. The Bertz CT molecular complexity index is 1460. The molecule has 0 unspecified atom stereocenters. The van der Waals surface area contributed by atoms with Crippen LogP contribution in [0, 0.1) is 25.7 Å². The van der Waals surface area contributed by atoms with Gasteiger partial charge in [-0.05, 0) is 55.9 Å². The van der Waals surface area contributed by atoms with E-state index in [0.29, 0.717) is 29.8 Å². The zero-order chi connectivity index (χ0) is 24.1. The molecule has 0 bridgehead atoms. The quantitative estimate of drug-likeness (QED) is 0.458. The van der Waals surface area contributed by atoms with E-state index in [4.69, 9.17) is 0 Å². The molecule has 8 heteroatoms. The summed E-state index contributed by atoms with van der Waals surface area (Å²) in [4.78, 5) is 42.6. The highest BCUT2D eigenvalue weighted by Gasteiger charge is 2.54. The van der Waals surface area contributed by atoms with E-state index in [1.54, 1.807) is 35.9 Å². The normalized spacial score (nSPS) is 20.6. The Labute approximate surface area is 207 Å². The number of carbonyl (C=O) groups excluding carboxylic acids is 2. The Morgan fingerprint density at radius 2 is 2.03 bits per heavy atom. The van der Waals surface area contributed by atoms with Gasteiger partial charge in [-0.3, -0.25) is 14.6 Å². The summed E-state index contributed by atoms with van der Waals surface area (Å²) in [5, 5.41) is 4.79. The first kappa shape index (κ1) is 21.9. The van der Waals surface area contributed by atoms with E-state index in [0.717, 1.165) is 44.9 Å². The third-order valence-electron chi connectivity index (χ3n) is 6.97. The topological polar surface area (TPSA) is 88.1 Å². The Morgan fingerprint density at radius 3 is 2.89 bits per heavy atom. The van der Waals surface area contributed by atoms with Crippen molar-refractivity contribution in [1.82, 2.24) is 25.2 Å². The Morgan fingerprint density at radius 1 is 1.14 bits per heavy atom. The fourth-order valence-corrected chi connectivity index (χ4v) is 6.04. The van der Waals surface area contributed by atoms with Crippen LogP contribution < -0.4 is 5.32 Å². The fraction of sp³-hybridized carbons (Fsp3) is 0.296. The number of nitrogens with zero attached hydrogens (tertiary/aromatic N) is 4. The lowest BCUT2D eigenvalue weighted by atomic mass is 10.1. The number of hydrogen-bond acceptors (Lipinski definition) is 6. The second kappa shape index (κ2) is 8.53. The summed E-state index contributed by atoms with van der Waals surface area (Å²) in [7, 11) is 0. The van der Waals surface area contributed by atoms with Crippen LogP contribution in [0.2, 0.25) is 0 Å². The summed E-state index contributed by atoms with van der Waals surface area (Å²) in [6.45, 7) is 5.11. The molecule has 2 aliphatic rings. The Balaban J connectivity index is 1.21. The lowest BCUT2D eigenvalue weighted by Crippen LogP contribution is -2.45. The van der Waals surface area contributed by atoms with Crippen molar-refractivity contribution in [3.8, 4) is 10.4 Å². The number of aromatic nitrogens is 3. The predicted molar refractivity (Wildman–Crippen MR) is 135 cm³/mol. The Kier molecular flexibility index (Phi) is 5.33. The van der Waals surface area contributed by atoms with E-state index in [1.807, 2.05) is 43.0 Å². The van der Waals surface area contributed by atoms with Gasteiger partial charge in [0.15, 0.2) is 0 Å². The van der Waals surface area contributed by atoms with Gasteiger partial charge in [0.25, 0.3) is 11.8 Å². The third-order valence-corrected chi connectivity index (χ3v) is 7.99. The third kappa shape index (κ3) is 4.08. The molecule has 1 N–H and O–H groups in total. The number of nitrogens with one attached hydrogen (secondary N) is 1. The second-order valence-corrected chi connectivity index (χ2v) is 10.6. The molecule has 4 aromatic rings. The van der Waals surface area contributed by atoms with Crippen LogP contribution in [0.25, 0.3) is 21.3 Å². The molecule has 2 fully saturated rings. The molecule has 1 aliphatic carbocycles. The number of benzene rings is 1. The van der Waals surface area contributed by atoms with E-state index < -0.39 is 0 Å². The summed E-state index contributed by atoms with van der Waals surface area (Å²) in [5.41, 5.74) is 3.78. The van der Waals surface area contributed by atoms with Gasteiger partial charge < -0.3 is 10.2 Å². The molecule has 6 rings (SSSR count). The molecular formula is C27H25N5O2S. The largest absolute Gasteiger partial charge is 0.349 e. The van der Waals surface area contributed by atoms with Crippen LogP contribution in [0.5, 0.6) is 0 Å². The summed E-state index contributed by atoms with van der Waals surface area (Å²) in [6, 6.07) is 13.5. The molecule has 3 aromatic heterocycles. The lowest BCUT2D eigenvalue weighted by molar-refractivity contribution is 0.0690. The maximum Gasteiger partial charge on any atom is 0.274 e. The molecule has 1 saturated heterocycles. The summed E-state index contributed by atoms with van der Waals surface area (Å²) < 4.78 is 0. The number of hydrogen-bond donors (Lipinski definition) is 1. The molecule has 3 atom stereocenters. The minimum atomic E-state index is -0.231. The summed E-state index contributed by atoms with van der Waals surface area (Å²) >= 11 is 1.55. The van der Waals surface area contributed by atoms with Crippen molar-refractivity contribution in [2.75, 3.05) is 13.1 Å². The number of likely N-dealkylation sites (tertiary alicyclic amines) is 1. The highest BCUT2D eigenvalue weighted by molar-refractivity contribution is 7.15. The molecule has 2 amide bonds. The molecule has 1 aromatic carbocycles. The number of rotatable bonds is 5. The molecule has 0 radical (unpaired) electrons. The van der Waals surface area contributed by atoms with Gasteiger partial charge in [-0.2, -0.15) is 0 Å². The molecule has 1 aliphatic heterocycles. The van der Waals surface area contributed by atoms with Crippen LogP contribution in [-0.2, 0) is 0 Å². The Hall–Kier alpha value is -3.65. The maximum absolute atomic E-state index is 13.7. The van der Waals surface area contributed by atoms with Gasteiger partial charge >= 0.3 is 0 Å². The van der Waals surface area contributed by atoms with E-state index in [-0.39, 0.29) is 17.9 Å². The maximum atomic E-state index is 13.7. The zero-order valence-corrected chi connectivity index (χ0v) is 20.4. The van der Waals surface area contributed by atoms with E-state index in [2.05, 4.69) is 26.3 Å². The first-order valence-electron chi connectivity index (χ1n) is 11.8. The molecule has 4 heterocycles. The van der Waals surface area contributed by atoms with Gasteiger partial charge in [0, 0.05) is 30.9 Å². The summed E-state index contributed by atoms with van der Waals surface area (Å²) in [6.07, 6.45) is 4.49. The van der Waals surface area contributed by atoms with Crippen molar-refractivity contribution < 1.29 is 9.59 Å². The molecule has 176 valence electrons. The number of aryl methyl sites for hydroxylation is 2. The first-order chi connectivity index (χ1) is 17.0. The number of amides is 2. The molecule has 7 nitrogen and oxygen atoms in total. The van der Waals surface area contributed by atoms with Crippen molar-refractivity contribution in [3.63, 3.8) is 0 Å². The molecule has 35 heavy (non-hydrogen) atoms. The van der Waals surface area contributed by atoms with Crippen molar-refractivity contribution >= 4 is 34.1 Å². The van der Waals surface area contributed by atoms with E-state index in [9.17, 15) is 9.59 Å². The van der Waals surface area contributed by atoms with Gasteiger partial charge in [-0.15, -0.1) is 11.3 Å². The number of pyridine rings is 2. The van der Waals surface area contributed by atoms with E-state index >= 15 is 0 Å². The van der Waals surface area contributed by atoms with Gasteiger partial charge in [-0.25, -0.2) is 9.97 Å². The molecule has 1 saturated carbocycles. The predicted octanol–water partition coefficient (Wildman–Crippen LogP) is 4.26. The van der Waals surface area contributed by atoms with Gasteiger partial charge in [-0.1, -0.05) is 29.8 Å². The number of thiazole rings is 1. The van der Waals surface area contributed by atoms with Crippen LogP contribution >= 0.6 is 11.3 Å². The second-order valence-electron chi connectivity index (χ2n) is 9.44. The van der Waals surface area contributed by atoms with Crippen LogP contribution in [-0.4, -0.2) is 50.8 Å². The van der Waals surface area contributed by atoms with Gasteiger partial charge in [0.05, 0.1) is 21.4 Å². The van der Waals surface area contributed by atoms with Crippen molar-refractivity contribution in [2.45, 2.75) is 26.3 Å². The van der Waals surface area contributed by atoms with Gasteiger partial charge in [0.1, 0.15) is 11.4 Å². The SMILES string of the molecule is Cc1cccc(-c2sc(C)nc2C(=O)N2C[C@H]3C[C@H]3[C@H]2CNC(=O)c2ccc3cnccc3n2)c1. The van der Waals surface area contributed by atoms with Crippen molar-refractivity contribution in [2.24, 2.45) is 11.8 Å². The van der Waals surface area contributed by atoms with Crippen LogP contribution in [0.3, 0.4) is 0 Å². The first-order valence-corrected chi connectivity index (χ1v) is 12.6. The fourth-order valence-electron chi connectivity index (χ4n) is 5.14. The number of fused-ring (bicyclic) bond motifs is 2. The van der Waals surface area contributed by atoms with Crippen molar-refractivity contribution in [3.05, 3.63) is 76.8 Å². The smallest absolute Gasteiger partial charge is 0.274 e. The standard InChI is InChI=1S/C27H25N5O2S/c1-15-4-3-5-17(10-15)25-24(30-16(2)35-25)27(34)32-14-19-11-20(19)23(32)13-29-26(33)22-7-6-18-12-28-9-8-21(18)31-22/h3-10,12,19-20,23H,11,13-14H2,1-2H3,(H,29,33)/t19-,20-,23-/m1/s1. The van der Waals surface area contributed by atoms with Crippen molar-refractivity contribution in [1.29, 1.82) is 0 Å². The lowest BCUT2D eigenvalue weighted by Gasteiger charge is -2.27.